The Morgan fingerprint density at radius 2 is 1.73 bits per heavy atom. The van der Waals surface area contributed by atoms with E-state index in [0.717, 1.165) is 37.8 Å². The molecule has 0 aromatic heterocycles. The van der Waals surface area contributed by atoms with E-state index in [9.17, 15) is 14.9 Å². The fourth-order valence-corrected chi connectivity index (χ4v) is 5.01. The quantitative estimate of drug-likeness (QED) is 0.822. The summed E-state index contributed by atoms with van der Waals surface area (Å²) in [6, 6.07) is 12.1. The Morgan fingerprint density at radius 3 is 2.42 bits per heavy atom. The molecule has 1 aliphatic carbocycles. The molecular formula is C21H25N3O2. The predicted molar refractivity (Wildman–Crippen MR) is 98.2 cm³/mol. The third-order valence-electron chi connectivity index (χ3n) is 6.53. The highest BCUT2D eigenvalue weighted by Crippen LogP contribution is 2.45. The van der Waals surface area contributed by atoms with Crippen LogP contribution < -0.4 is 4.90 Å². The van der Waals surface area contributed by atoms with Crippen LogP contribution in [0, 0.1) is 22.2 Å². The summed E-state index contributed by atoms with van der Waals surface area (Å²) in [4.78, 5) is 30.1. The molecule has 5 heteroatoms. The molecule has 5 nitrogen and oxygen atoms in total. The van der Waals surface area contributed by atoms with Gasteiger partial charge in [0.15, 0.2) is 0 Å². The lowest BCUT2D eigenvalue weighted by Crippen LogP contribution is -2.53. The van der Waals surface area contributed by atoms with E-state index in [1.165, 1.54) is 0 Å². The number of carbonyl (C=O) groups is 2. The smallest absolute Gasteiger partial charge is 0.243 e. The number of piperidine rings is 1. The number of likely N-dealkylation sites (tertiary alicyclic amines) is 1. The second-order valence-electron chi connectivity index (χ2n) is 8.05. The Hall–Kier alpha value is -2.35. The minimum Gasteiger partial charge on any atom is -0.340 e. The Kier molecular flexibility index (Phi) is 4.22. The molecule has 3 aliphatic rings. The van der Waals surface area contributed by atoms with Crippen molar-refractivity contribution in [1.82, 2.24) is 4.90 Å². The molecule has 2 saturated heterocycles. The summed E-state index contributed by atoms with van der Waals surface area (Å²) in [5.41, 5.74) is -0.389. The first-order chi connectivity index (χ1) is 12.6. The molecule has 1 saturated carbocycles. The summed E-state index contributed by atoms with van der Waals surface area (Å²) < 4.78 is 0. The van der Waals surface area contributed by atoms with Crippen molar-refractivity contribution < 1.29 is 9.59 Å². The van der Waals surface area contributed by atoms with Gasteiger partial charge < -0.3 is 9.80 Å². The van der Waals surface area contributed by atoms with Crippen LogP contribution in [0.1, 0.15) is 44.9 Å². The zero-order valence-electron chi connectivity index (χ0n) is 15.1. The maximum Gasteiger partial charge on any atom is 0.243 e. The summed E-state index contributed by atoms with van der Waals surface area (Å²) in [6.07, 6.45) is 5.66. The summed E-state index contributed by atoms with van der Waals surface area (Å²) in [7, 11) is 0. The highest BCUT2D eigenvalue weighted by molar-refractivity contribution is 6.00. The zero-order chi connectivity index (χ0) is 18.2. The van der Waals surface area contributed by atoms with Crippen molar-refractivity contribution in [3.05, 3.63) is 30.3 Å². The van der Waals surface area contributed by atoms with Gasteiger partial charge in [-0.15, -0.1) is 0 Å². The number of carbonyl (C=O) groups excluding carboxylic acids is 2. The van der Waals surface area contributed by atoms with Crippen molar-refractivity contribution in [3.63, 3.8) is 0 Å². The minimum absolute atomic E-state index is 0.0393. The van der Waals surface area contributed by atoms with Gasteiger partial charge in [0.05, 0.1) is 11.5 Å². The molecule has 0 bridgehead atoms. The zero-order valence-corrected chi connectivity index (χ0v) is 15.1. The van der Waals surface area contributed by atoms with Crippen molar-refractivity contribution in [1.29, 1.82) is 5.26 Å². The molecule has 1 aromatic carbocycles. The van der Waals surface area contributed by atoms with Crippen molar-refractivity contribution in [2.24, 2.45) is 10.8 Å². The molecule has 0 radical (unpaired) electrons. The van der Waals surface area contributed by atoms with Crippen molar-refractivity contribution in [2.45, 2.75) is 44.9 Å². The summed E-state index contributed by atoms with van der Waals surface area (Å²) in [5.74, 6) is 0.0983. The molecule has 1 spiro atoms. The van der Waals surface area contributed by atoms with E-state index in [-0.39, 0.29) is 11.8 Å². The SMILES string of the molecule is N#CC1(C(=O)N2CCCC3(CCN(c4ccccc4)C3=O)C2)CCCC1. The van der Waals surface area contributed by atoms with Gasteiger partial charge in [0, 0.05) is 25.3 Å². The molecular weight excluding hydrogens is 326 g/mol. The number of amides is 2. The highest BCUT2D eigenvalue weighted by Gasteiger charge is 2.52. The first-order valence-electron chi connectivity index (χ1n) is 9.68. The lowest BCUT2D eigenvalue weighted by molar-refractivity contribution is -0.144. The lowest BCUT2D eigenvalue weighted by Gasteiger charge is -2.41. The van der Waals surface area contributed by atoms with E-state index in [0.29, 0.717) is 32.5 Å². The normalized spacial score (nSPS) is 27.7. The van der Waals surface area contributed by atoms with Crippen LogP contribution in [0.5, 0.6) is 0 Å². The number of hydrogen-bond acceptors (Lipinski definition) is 3. The molecule has 2 heterocycles. The molecule has 1 aromatic rings. The number of anilines is 1. The molecule has 136 valence electrons. The Balaban J connectivity index is 1.54. The number of rotatable bonds is 2. The van der Waals surface area contributed by atoms with E-state index in [2.05, 4.69) is 6.07 Å². The van der Waals surface area contributed by atoms with Crippen LogP contribution >= 0.6 is 0 Å². The molecule has 2 aliphatic heterocycles. The fraction of sp³-hybridized carbons (Fsp3) is 0.571. The van der Waals surface area contributed by atoms with Crippen LogP contribution in [0.25, 0.3) is 0 Å². The van der Waals surface area contributed by atoms with E-state index >= 15 is 0 Å². The monoisotopic (exact) mass is 351 g/mol. The highest BCUT2D eigenvalue weighted by atomic mass is 16.2. The number of nitriles is 1. The Morgan fingerprint density at radius 1 is 1.00 bits per heavy atom. The van der Waals surface area contributed by atoms with Gasteiger partial charge in [0.2, 0.25) is 11.8 Å². The van der Waals surface area contributed by atoms with Crippen molar-refractivity contribution in [2.75, 3.05) is 24.5 Å². The third kappa shape index (κ3) is 2.59. The molecule has 2 amide bonds. The van der Waals surface area contributed by atoms with Crippen LogP contribution in [0.15, 0.2) is 30.3 Å². The van der Waals surface area contributed by atoms with Gasteiger partial charge in [0.25, 0.3) is 0 Å². The van der Waals surface area contributed by atoms with Gasteiger partial charge >= 0.3 is 0 Å². The standard InChI is InChI=1S/C21H25N3O2/c22-15-20(9-4-5-10-20)18(25)23-13-6-11-21(16-23)12-14-24(19(21)26)17-7-2-1-3-8-17/h1-3,7-8H,4-6,9-14,16H2. The molecule has 4 rings (SSSR count). The van der Waals surface area contributed by atoms with E-state index in [1.54, 1.807) is 0 Å². The van der Waals surface area contributed by atoms with E-state index in [1.807, 2.05) is 40.1 Å². The van der Waals surface area contributed by atoms with E-state index in [4.69, 9.17) is 0 Å². The van der Waals surface area contributed by atoms with Crippen molar-refractivity contribution in [3.8, 4) is 6.07 Å². The van der Waals surface area contributed by atoms with Crippen molar-refractivity contribution >= 4 is 17.5 Å². The maximum absolute atomic E-state index is 13.2. The van der Waals surface area contributed by atoms with Crippen LogP contribution in [0.4, 0.5) is 5.69 Å². The minimum atomic E-state index is -0.848. The topological polar surface area (TPSA) is 64.4 Å². The second kappa shape index (κ2) is 6.42. The Bertz CT molecular complexity index is 748. The number of para-hydroxylation sites is 1. The van der Waals surface area contributed by atoms with Crippen LogP contribution in [0.2, 0.25) is 0 Å². The molecule has 0 N–H and O–H groups in total. The van der Waals surface area contributed by atoms with Crippen LogP contribution in [-0.4, -0.2) is 36.3 Å². The average Bonchev–Trinajstić information content (AvgIpc) is 3.29. The second-order valence-corrected chi connectivity index (χ2v) is 8.05. The molecule has 1 unspecified atom stereocenters. The van der Waals surface area contributed by atoms with Gasteiger partial charge in [-0.1, -0.05) is 31.0 Å². The molecule has 26 heavy (non-hydrogen) atoms. The average molecular weight is 351 g/mol. The van der Waals surface area contributed by atoms with E-state index < -0.39 is 10.8 Å². The maximum atomic E-state index is 13.2. The number of hydrogen-bond donors (Lipinski definition) is 0. The fourth-order valence-electron chi connectivity index (χ4n) is 5.01. The first kappa shape index (κ1) is 17.1. The largest absolute Gasteiger partial charge is 0.340 e. The molecule has 3 fully saturated rings. The lowest BCUT2D eigenvalue weighted by atomic mass is 9.77. The Labute approximate surface area is 154 Å². The van der Waals surface area contributed by atoms with Crippen LogP contribution in [-0.2, 0) is 9.59 Å². The third-order valence-corrected chi connectivity index (χ3v) is 6.53. The van der Waals surface area contributed by atoms with Gasteiger partial charge in [0.1, 0.15) is 5.41 Å². The molecule has 1 atom stereocenters. The number of benzene rings is 1. The predicted octanol–water partition coefficient (Wildman–Crippen LogP) is 3.12. The van der Waals surface area contributed by atoms with Gasteiger partial charge in [-0.05, 0) is 44.2 Å². The summed E-state index contributed by atoms with van der Waals surface area (Å²) in [5, 5.41) is 9.64. The summed E-state index contributed by atoms with van der Waals surface area (Å²) in [6.45, 7) is 1.84. The first-order valence-corrected chi connectivity index (χ1v) is 9.68. The van der Waals surface area contributed by atoms with Gasteiger partial charge in [-0.3, -0.25) is 9.59 Å². The van der Waals surface area contributed by atoms with Gasteiger partial charge in [-0.2, -0.15) is 5.26 Å². The van der Waals surface area contributed by atoms with Crippen LogP contribution in [0.3, 0.4) is 0 Å². The number of nitrogens with zero attached hydrogens (tertiary/aromatic N) is 3. The summed E-state index contributed by atoms with van der Waals surface area (Å²) >= 11 is 0. The van der Waals surface area contributed by atoms with Gasteiger partial charge in [-0.25, -0.2) is 0 Å².